The Morgan fingerprint density at radius 1 is 0.857 bits per heavy atom. The molecule has 0 aromatic carbocycles. The molecule has 3 rings (SSSR count). The van der Waals surface area contributed by atoms with E-state index in [1.807, 2.05) is 0 Å². The number of esters is 6. The van der Waals surface area contributed by atoms with Gasteiger partial charge in [0.2, 0.25) is 5.91 Å². The molecule has 3 saturated heterocycles. The Hall–Kier alpha value is -4.40. The van der Waals surface area contributed by atoms with Crippen LogP contribution in [-0.4, -0.2) is 133 Å². The average Bonchev–Trinajstić information content (AvgIpc) is 2.96. The molecule has 3 N–H and O–H groups in total. The summed E-state index contributed by atoms with van der Waals surface area (Å²) in [5.41, 5.74) is 0. The molecule has 0 aliphatic carbocycles. The van der Waals surface area contributed by atoms with E-state index in [0.717, 1.165) is 48.5 Å². The van der Waals surface area contributed by atoms with Crippen molar-refractivity contribution in [2.45, 2.75) is 122 Å². The first-order chi connectivity index (χ1) is 22.8. The lowest BCUT2D eigenvalue weighted by molar-refractivity contribution is -0.361. The lowest BCUT2D eigenvalue weighted by Gasteiger charge is -2.55. The van der Waals surface area contributed by atoms with Gasteiger partial charge in [-0.2, -0.15) is 0 Å². The highest BCUT2D eigenvalue weighted by Gasteiger charge is 2.64. The highest BCUT2D eigenvalue weighted by Crippen LogP contribution is 2.42. The highest BCUT2D eigenvalue weighted by atomic mass is 16.7. The second kappa shape index (κ2) is 16.3. The molecule has 274 valence electrons. The van der Waals surface area contributed by atoms with Crippen molar-refractivity contribution in [3.8, 4) is 0 Å². The lowest BCUT2D eigenvalue weighted by atomic mass is 9.85. The van der Waals surface area contributed by atoms with Crippen LogP contribution in [0.25, 0.3) is 0 Å². The highest BCUT2D eigenvalue weighted by molar-refractivity contribution is 5.85. The zero-order valence-corrected chi connectivity index (χ0v) is 27.8. The summed E-state index contributed by atoms with van der Waals surface area (Å²) in [5.74, 6) is -9.45. The summed E-state index contributed by atoms with van der Waals surface area (Å²) in [6, 6.07) is -2.83. The Bertz CT molecular complexity index is 1320. The molecule has 20 nitrogen and oxygen atoms in total. The molecule has 3 aliphatic rings. The summed E-state index contributed by atoms with van der Waals surface area (Å²) < 4.78 is 49.8. The van der Waals surface area contributed by atoms with Crippen LogP contribution in [-0.2, 0) is 81.0 Å². The zero-order chi connectivity index (χ0) is 36.8. The number of morpholine rings is 1. The van der Waals surface area contributed by atoms with Gasteiger partial charge in [-0.3, -0.25) is 38.4 Å². The van der Waals surface area contributed by atoms with Crippen LogP contribution in [0.4, 0.5) is 0 Å². The number of fused-ring (bicyclic) bond motifs is 1. The number of aliphatic hydroxyl groups is 1. The Balaban J connectivity index is 2.19. The van der Waals surface area contributed by atoms with Crippen molar-refractivity contribution in [1.29, 1.82) is 0 Å². The molecule has 0 radical (unpaired) electrons. The van der Waals surface area contributed by atoms with E-state index in [9.17, 15) is 43.5 Å². The molecule has 49 heavy (non-hydrogen) atoms. The second-order valence-electron chi connectivity index (χ2n) is 11.5. The lowest BCUT2D eigenvalue weighted by Crippen LogP contribution is -2.78. The maximum Gasteiger partial charge on any atom is 0.303 e. The molecular formula is C29H40N2O18. The Morgan fingerprint density at radius 2 is 1.47 bits per heavy atom. The van der Waals surface area contributed by atoms with Crippen molar-refractivity contribution in [3.63, 3.8) is 0 Å². The average molecular weight is 705 g/mol. The maximum absolute atomic E-state index is 13.9. The molecule has 0 unspecified atom stereocenters. The fourth-order valence-corrected chi connectivity index (χ4v) is 5.75. The summed E-state index contributed by atoms with van der Waals surface area (Å²) in [4.78, 5) is 98.7. The minimum absolute atomic E-state index is 0.517. The van der Waals surface area contributed by atoms with E-state index < -0.39 is 134 Å². The van der Waals surface area contributed by atoms with Gasteiger partial charge in [0.1, 0.15) is 43.7 Å². The third-order valence-corrected chi connectivity index (χ3v) is 7.39. The monoisotopic (exact) mass is 704 g/mol. The third kappa shape index (κ3) is 10.1. The molecule has 0 aromatic rings. The van der Waals surface area contributed by atoms with Gasteiger partial charge in [-0.25, -0.2) is 0 Å². The van der Waals surface area contributed by atoms with Crippen molar-refractivity contribution >= 4 is 47.6 Å². The van der Waals surface area contributed by atoms with Gasteiger partial charge in [0.25, 0.3) is 11.7 Å². The number of carbonyl (C=O) groups is 8. The van der Waals surface area contributed by atoms with E-state index in [-0.39, 0.29) is 0 Å². The number of carbonyl (C=O) groups excluding carboxylic acids is 8. The van der Waals surface area contributed by atoms with Crippen molar-refractivity contribution in [3.05, 3.63) is 0 Å². The number of amides is 2. The molecular weight excluding hydrogens is 664 g/mol. The van der Waals surface area contributed by atoms with Gasteiger partial charge < -0.3 is 58.4 Å². The van der Waals surface area contributed by atoms with Gasteiger partial charge in [0.05, 0.1) is 12.5 Å². The van der Waals surface area contributed by atoms with E-state index in [1.54, 1.807) is 0 Å². The van der Waals surface area contributed by atoms with Crippen LogP contribution in [0.3, 0.4) is 0 Å². The summed E-state index contributed by atoms with van der Waals surface area (Å²) in [6.45, 7) is 6.16. The van der Waals surface area contributed by atoms with E-state index in [4.69, 9.17) is 42.6 Å². The smallest absolute Gasteiger partial charge is 0.303 e. The first-order valence-corrected chi connectivity index (χ1v) is 15.1. The maximum atomic E-state index is 13.9. The first kappa shape index (κ1) is 39.0. The Labute approximate surface area is 279 Å². The molecule has 3 fully saturated rings. The van der Waals surface area contributed by atoms with Crippen molar-refractivity contribution < 1.29 is 86.1 Å². The minimum Gasteiger partial charge on any atom is -0.463 e. The number of hydrogen-bond acceptors (Lipinski definition) is 18. The molecule has 0 bridgehead atoms. The molecule has 11 atom stereocenters. The van der Waals surface area contributed by atoms with Gasteiger partial charge >= 0.3 is 35.8 Å². The molecule has 1 spiro atoms. The van der Waals surface area contributed by atoms with Gasteiger partial charge in [0.15, 0.2) is 24.6 Å². The normalized spacial score (nSPS) is 31.8. The fraction of sp³-hybridized carbons (Fsp3) is 0.724. The zero-order valence-electron chi connectivity index (χ0n) is 27.8. The predicted octanol–water partition coefficient (Wildman–Crippen LogP) is -2.57. The minimum atomic E-state index is -2.52. The Morgan fingerprint density at radius 3 is 2.00 bits per heavy atom. The van der Waals surface area contributed by atoms with Gasteiger partial charge in [-0.05, 0) is 0 Å². The molecule has 3 heterocycles. The van der Waals surface area contributed by atoms with Crippen LogP contribution in [0.5, 0.6) is 0 Å². The van der Waals surface area contributed by atoms with E-state index >= 15 is 0 Å². The van der Waals surface area contributed by atoms with Gasteiger partial charge in [-0.15, -0.1) is 0 Å². The topological polar surface area (TPSA) is 264 Å². The molecule has 0 saturated carbocycles. The molecule has 0 aromatic heterocycles. The SMILES string of the molecule is CC(=O)N[C@@H]1[C@@H]([C@H](OC(C)=O)[C@@H](COC(C)=O)OC(C)=O)O[C@]2(C[C@H]1OC(C)=O)O[C@@H]1[C@@H](NC2=O)[C@@H](O)O[C@H](COC(C)=O)[C@@H]1OC(C)=O. The summed E-state index contributed by atoms with van der Waals surface area (Å²) >= 11 is 0. The third-order valence-electron chi connectivity index (χ3n) is 7.39. The van der Waals surface area contributed by atoms with Crippen LogP contribution < -0.4 is 10.6 Å². The molecule has 3 aliphatic heterocycles. The van der Waals surface area contributed by atoms with Crippen molar-refractivity contribution in [2.24, 2.45) is 0 Å². The van der Waals surface area contributed by atoms with Gasteiger partial charge in [-0.1, -0.05) is 0 Å². The van der Waals surface area contributed by atoms with Crippen LogP contribution >= 0.6 is 0 Å². The standard InChI is InChI=1S/C29H40N2O18/c1-11(32)30-21-18(43-14(4)35)8-29(48-25(21)23(45-16(6)37)19(44-15(5)36)9-41-12(2)33)28(40)31-22-26(49-29)24(46-17(7)38)20(47-27(22)39)10-42-13(3)34/h18-27,39H,8-10H2,1-7H3,(H,30,32)(H,31,40)/t18-,19-,20-,21+,22-,23-,24+,25+,26-,27+,29-/m1/s1. The van der Waals surface area contributed by atoms with Crippen molar-refractivity contribution in [2.75, 3.05) is 13.2 Å². The first-order valence-electron chi connectivity index (χ1n) is 15.1. The largest absolute Gasteiger partial charge is 0.463 e. The van der Waals surface area contributed by atoms with E-state index in [2.05, 4.69) is 10.6 Å². The summed E-state index contributed by atoms with van der Waals surface area (Å²) in [5, 5.41) is 15.8. The Kier molecular flexibility index (Phi) is 13.0. The quantitative estimate of drug-likeness (QED) is 0.147. The molecule has 2 amide bonds. The molecule has 20 heteroatoms. The number of nitrogens with one attached hydrogen (secondary N) is 2. The van der Waals surface area contributed by atoms with E-state index in [1.165, 1.54) is 0 Å². The fourth-order valence-electron chi connectivity index (χ4n) is 5.75. The summed E-state index contributed by atoms with van der Waals surface area (Å²) in [6.07, 6.45) is -13.3. The van der Waals surface area contributed by atoms with Crippen LogP contribution in [0.15, 0.2) is 0 Å². The number of hydrogen-bond donors (Lipinski definition) is 3. The number of rotatable bonds is 11. The summed E-state index contributed by atoms with van der Waals surface area (Å²) in [7, 11) is 0. The number of ether oxygens (including phenoxy) is 9. The van der Waals surface area contributed by atoms with Crippen LogP contribution in [0.1, 0.15) is 54.9 Å². The second-order valence-corrected chi connectivity index (χ2v) is 11.5. The number of aliphatic hydroxyl groups excluding tert-OH is 1. The van der Waals surface area contributed by atoms with E-state index in [0.29, 0.717) is 0 Å². The van der Waals surface area contributed by atoms with Crippen LogP contribution in [0.2, 0.25) is 0 Å². The predicted molar refractivity (Wildman–Crippen MR) is 153 cm³/mol. The van der Waals surface area contributed by atoms with Crippen LogP contribution in [0, 0.1) is 0 Å². The van der Waals surface area contributed by atoms with Crippen molar-refractivity contribution in [1.82, 2.24) is 10.6 Å². The van der Waals surface area contributed by atoms with Gasteiger partial charge in [0, 0.05) is 48.5 Å².